The monoisotopic (exact) mass is 251 g/mol. The van der Waals surface area contributed by atoms with E-state index < -0.39 is 5.97 Å². The van der Waals surface area contributed by atoms with Gasteiger partial charge in [-0.1, -0.05) is 22.1 Å². The Hall–Kier alpha value is -1.89. The van der Waals surface area contributed by atoms with E-state index in [1.165, 1.54) is 30.1 Å². The molecule has 0 fully saturated rings. The zero-order chi connectivity index (χ0) is 12.3. The molecule has 2 aromatic heterocycles. The highest BCUT2D eigenvalue weighted by molar-refractivity contribution is 7.98. The summed E-state index contributed by atoms with van der Waals surface area (Å²) in [6.45, 7) is 1.80. The molecule has 2 heterocycles. The topological polar surface area (TPSA) is 89.1 Å². The second-order valence-corrected chi connectivity index (χ2v) is 4.27. The number of carbonyl (C=O) groups is 1. The molecule has 17 heavy (non-hydrogen) atoms. The molecule has 0 amide bonds. The van der Waals surface area contributed by atoms with Gasteiger partial charge in [0.2, 0.25) is 0 Å². The molecule has 0 aromatic carbocycles. The number of nitrogens with zero attached hydrogens (tertiary/aromatic N) is 3. The first-order chi connectivity index (χ1) is 8.16. The number of hydrogen-bond acceptors (Lipinski definition) is 6. The Labute approximate surface area is 101 Å². The number of aromatic carboxylic acids is 1. The van der Waals surface area contributed by atoms with Gasteiger partial charge in [0.05, 0.1) is 10.6 Å². The summed E-state index contributed by atoms with van der Waals surface area (Å²) in [6.07, 6.45) is 1.47. The van der Waals surface area contributed by atoms with Crippen molar-refractivity contribution in [1.82, 2.24) is 15.3 Å². The molecule has 0 spiro atoms. The number of pyridine rings is 1. The Morgan fingerprint density at radius 2 is 2.35 bits per heavy atom. The molecule has 0 aliphatic rings. The van der Waals surface area contributed by atoms with Crippen molar-refractivity contribution in [3.05, 3.63) is 35.3 Å². The second kappa shape index (κ2) is 4.96. The van der Waals surface area contributed by atoms with E-state index in [4.69, 9.17) is 5.11 Å². The summed E-state index contributed by atoms with van der Waals surface area (Å²) >= 11 is 1.39. The van der Waals surface area contributed by atoms with E-state index in [0.717, 1.165) is 11.4 Å². The zero-order valence-electron chi connectivity index (χ0n) is 8.95. The average molecular weight is 251 g/mol. The van der Waals surface area contributed by atoms with Crippen LogP contribution in [0.25, 0.3) is 0 Å². The fourth-order valence-electron chi connectivity index (χ4n) is 1.14. The van der Waals surface area contributed by atoms with E-state index in [1.807, 2.05) is 0 Å². The molecule has 88 valence electrons. The van der Waals surface area contributed by atoms with Crippen molar-refractivity contribution in [1.29, 1.82) is 0 Å². The van der Waals surface area contributed by atoms with Crippen molar-refractivity contribution in [2.24, 2.45) is 0 Å². The van der Waals surface area contributed by atoms with Gasteiger partial charge in [0, 0.05) is 11.9 Å². The molecular weight excluding hydrogens is 242 g/mol. The minimum Gasteiger partial charge on any atom is -0.478 e. The average Bonchev–Trinajstić information content (AvgIpc) is 2.72. The molecule has 0 aliphatic carbocycles. The molecule has 0 saturated carbocycles. The Balaban J connectivity index is 2.07. The number of carboxylic acid groups (broad SMARTS) is 1. The lowest BCUT2D eigenvalue weighted by Gasteiger charge is -1.99. The van der Waals surface area contributed by atoms with Crippen LogP contribution in [0.3, 0.4) is 0 Å². The van der Waals surface area contributed by atoms with Crippen LogP contribution < -0.4 is 0 Å². The van der Waals surface area contributed by atoms with Gasteiger partial charge < -0.3 is 5.11 Å². The third-order valence-corrected chi connectivity index (χ3v) is 3.02. The summed E-state index contributed by atoms with van der Waals surface area (Å²) in [6, 6.07) is 2.98. The summed E-state index contributed by atoms with van der Waals surface area (Å²) in [5, 5.41) is 16.9. The molecule has 0 atom stereocenters. The highest BCUT2D eigenvalue weighted by Gasteiger charge is 2.08. The molecule has 2 aromatic rings. The van der Waals surface area contributed by atoms with Gasteiger partial charge in [-0.3, -0.25) is 0 Å². The van der Waals surface area contributed by atoms with Crippen LogP contribution in [0, 0.1) is 6.92 Å². The van der Waals surface area contributed by atoms with E-state index in [0.29, 0.717) is 10.8 Å². The number of carboxylic acids is 1. The Morgan fingerprint density at radius 1 is 1.53 bits per heavy atom. The molecule has 2 rings (SSSR count). The maximum absolute atomic E-state index is 10.8. The highest BCUT2D eigenvalue weighted by atomic mass is 32.2. The maximum Gasteiger partial charge on any atom is 0.335 e. The Morgan fingerprint density at radius 3 is 3.00 bits per heavy atom. The molecule has 0 aliphatic heterocycles. The largest absolute Gasteiger partial charge is 0.478 e. The van der Waals surface area contributed by atoms with Gasteiger partial charge in [0.1, 0.15) is 11.4 Å². The fourth-order valence-corrected chi connectivity index (χ4v) is 2.04. The number of aryl methyl sites for hydroxylation is 1. The number of aromatic nitrogens is 3. The van der Waals surface area contributed by atoms with E-state index in [2.05, 4.69) is 19.9 Å². The molecule has 1 N–H and O–H groups in total. The van der Waals surface area contributed by atoms with Gasteiger partial charge in [-0.25, -0.2) is 14.4 Å². The Kier molecular flexibility index (Phi) is 3.38. The van der Waals surface area contributed by atoms with Gasteiger partial charge >= 0.3 is 5.97 Å². The van der Waals surface area contributed by atoms with Gasteiger partial charge in [-0.15, -0.1) is 0 Å². The molecule has 0 saturated heterocycles. The van der Waals surface area contributed by atoms with E-state index in [9.17, 15) is 4.79 Å². The normalized spacial score (nSPS) is 10.4. The molecule has 0 bridgehead atoms. The minimum atomic E-state index is -0.964. The summed E-state index contributed by atoms with van der Waals surface area (Å²) in [7, 11) is 0. The van der Waals surface area contributed by atoms with Crippen LogP contribution in [0.1, 0.15) is 21.7 Å². The van der Waals surface area contributed by atoms with Crippen molar-refractivity contribution >= 4 is 17.7 Å². The van der Waals surface area contributed by atoms with E-state index >= 15 is 0 Å². The zero-order valence-corrected chi connectivity index (χ0v) is 9.77. The quantitative estimate of drug-likeness (QED) is 0.828. The van der Waals surface area contributed by atoms with Crippen LogP contribution in [0.5, 0.6) is 0 Å². The molecule has 0 unspecified atom stereocenters. The van der Waals surface area contributed by atoms with Crippen LogP contribution >= 0.6 is 11.8 Å². The SMILES string of the molecule is Cc1nonc1CSc1cc(C(=O)O)ccn1. The lowest BCUT2D eigenvalue weighted by molar-refractivity contribution is 0.0696. The molecule has 0 radical (unpaired) electrons. The van der Waals surface area contributed by atoms with Crippen LogP contribution in [0.15, 0.2) is 28.0 Å². The minimum absolute atomic E-state index is 0.220. The molecule has 7 heteroatoms. The first-order valence-electron chi connectivity index (χ1n) is 4.77. The van der Waals surface area contributed by atoms with Crippen molar-refractivity contribution in [2.45, 2.75) is 17.7 Å². The number of thioether (sulfide) groups is 1. The second-order valence-electron chi connectivity index (χ2n) is 3.27. The van der Waals surface area contributed by atoms with Gasteiger partial charge in [0.25, 0.3) is 0 Å². The predicted molar refractivity (Wildman–Crippen MR) is 59.8 cm³/mol. The van der Waals surface area contributed by atoms with Crippen molar-refractivity contribution in [3.63, 3.8) is 0 Å². The first kappa shape index (κ1) is 11.6. The number of hydrogen-bond donors (Lipinski definition) is 1. The lowest BCUT2D eigenvalue weighted by Crippen LogP contribution is -1.97. The van der Waals surface area contributed by atoms with Crippen LogP contribution in [0.2, 0.25) is 0 Å². The molecule has 6 nitrogen and oxygen atoms in total. The van der Waals surface area contributed by atoms with E-state index in [-0.39, 0.29) is 5.56 Å². The highest BCUT2D eigenvalue weighted by Crippen LogP contribution is 2.21. The maximum atomic E-state index is 10.8. The summed E-state index contributed by atoms with van der Waals surface area (Å²) in [4.78, 5) is 14.8. The van der Waals surface area contributed by atoms with Crippen LogP contribution in [0.4, 0.5) is 0 Å². The van der Waals surface area contributed by atoms with Gasteiger partial charge in [-0.05, 0) is 19.1 Å². The third kappa shape index (κ3) is 2.82. The summed E-state index contributed by atoms with van der Waals surface area (Å²) < 4.78 is 4.57. The predicted octanol–water partition coefficient (Wildman–Crippen LogP) is 1.76. The van der Waals surface area contributed by atoms with Crippen molar-refractivity contribution in [2.75, 3.05) is 0 Å². The third-order valence-electron chi connectivity index (χ3n) is 2.08. The number of rotatable bonds is 4. The Bertz CT molecular complexity index is 541. The standard InChI is InChI=1S/C10H9N3O3S/c1-6-8(13-16-12-6)5-17-9-4-7(10(14)15)2-3-11-9/h2-4H,5H2,1H3,(H,14,15). The summed E-state index contributed by atoms with van der Waals surface area (Å²) in [5.41, 5.74) is 1.68. The molecular formula is C10H9N3O3S. The van der Waals surface area contributed by atoms with Crippen LogP contribution in [-0.4, -0.2) is 26.4 Å². The smallest absolute Gasteiger partial charge is 0.335 e. The van der Waals surface area contributed by atoms with Crippen LogP contribution in [-0.2, 0) is 5.75 Å². The van der Waals surface area contributed by atoms with E-state index in [1.54, 1.807) is 6.92 Å². The van der Waals surface area contributed by atoms with Gasteiger partial charge in [0.15, 0.2) is 0 Å². The van der Waals surface area contributed by atoms with Crippen molar-refractivity contribution < 1.29 is 14.5 Å². The first-order valence-corrected chi connectivity index (χ1v) is 5.75. The fraction of sp³-hybridized carbons (Fsp3) is 0.200. The lowest BCUT2D eigenvalue weighted by atomic mass is 10.3. The van der Waals surface area contributed by atoms with Crippen molar-refractivity contribution in [3.8, 4) is 0 Å². The summed E-state index contributed by atoms with van der Waals surface area (Å²) in [5.74, 6) is -0.417. The van der Waals surface area contributed by atoms with Gasteiger partial charge in [-0.2, -0.15) is 0 Å².